The first-order valence-electron chi connectivity index (χ1n) is 9.19. The Morgan fingerprint density at radius 1 is 1.17 bits per heavy atom. The molecule has 1 amide bonds. The Balaban J connectivity index is 1.97. The number of halogens is 1. The third kappa shape index (κ3) is 3.16. The van der Waals surface area contributed by atoms with Crippen molar-refractivity contribution in [3.8, 4) is 17.2 Å². The number of nitrogens with one attached hydrogen (secondary N) is 1. The third-order valence-electron chi connectivity index (χ3n) is 5.18. The normalized spacial score (nSPS) is 15.3. The van der Waals surface area contributed by atoms with E-state index >= 15 is 0 Å². The number of methoxy groups -OCH3 is 2. The van der Waals surface area contributed by atoms with Gasteiger partial charge in [-0.15, -0.1) is 0 Å². The van der Waals surface area contributed by atoms with Crippen LogP contribution in [0.5, 0.6) is 11.5 Å². The summed E-state index contributed by atoms with van der Waals surface area (Å²) >= 11 is 0. The molecule has 2 N–H and O–H groups in total. The second-order valence-corrected chi connectivity index (χ2v) is 6.85. The number of nitrogens with zero attached hydrogens (tertiary/aromatic N) is 1. The van der Waals surface area contributed by atoms with Gasteiger partial charge in [-0.2, -0.15) is 0 Å². The summed E-state index contributed by atoms with van der Waals surface area (Å²) in [6.07, 6.45) is 1.41. The molecule has 0 spiro atoms. The van der Waals surface area contributed by atoms with E-state index < -0.39 is 17.7 Å². The van der Waals surface area contributed by atoms with Gasteiger partial charge < -0.3 is 24.5 Å². The average Bonchev–Trinajstić information content (AvgIpc) is 3.12. The number of carboxylic acid groups (broad SMARTS) is 1. The first-order chi connectivity index (χ1) is 14.4. The van der Waals surface area contributed by atoms with Crippen LogP contribution in [0.1, 0.15) is 34.0 Å². The van der Waals surface area contributed by atoms with E-state index in [1.54, 1.807) is 36.4 Å². The molecule has 4 rings (SSSR count). The number of fused-ring (bicyclic) bond motifs is 1. The number of carboxylic acids is 1. The number of amides is 1. The number of carbonyl (C=O) groups excluding carboxylic acids is 1. The first kappa shape index (κ1) is 19.5. The van der Waals surface area contributed by atoms with Crippen molar-refractivity contribution < 1.29 is 28.6 Å². The average molecular weight is 410 g/mol. The summed E-state index contributed by atoms with van der Waals surface area (Å²) in [6.45, 7) is 0. The highest BCUT2D eigenvalue weighted by atomic mass is 19.1. The predicted molar refractivity (Wildman–Crippen MR) is 107 cm³/mol. The Kier molecular flexibility index (Phi) is 4.91. The smallest absolute Gasteiger partial charge is 0.339 e. The van der Waals surface area contributed by atoms with Crippen molar-refractivity contribution in [3.05, 3.63) is 71.3 Å². The molecular weight excluding hydrogens is 391 g/mol. The van der Waals surface area contributed by atoms with Crippen LogP contribution in [0.4, 0.5) is 10.1 Å². The van der Waals surface area contributed by atoms with Gasteiger partial charge >= 0.3 is 5.97 Å². The highest BCUT2D eigenvalue weighted by molar-refractivity contribution is 6.04. The standard InChI is InChI=1S/C22H19FN2O5/c1-29-17-8-7-12(9-18(17)30-2)13-10-19(26)24-20-14(22(27)28)11-25(21(13)20)16-6-4-3-5-15(16)23/h3-9,11,13H,10H2,1-2H3,(H,24,26)(H,27,28). The van der Waals surface area contributed by atoms with Crippen molar-refractivity contribution in [1.29, 1.82) is 0 Å². The fraction of sp³-hybridized carbons (Fsp3) is 0.182. The van der Waals surface area contributed by atoms with E-state index in [2.05, 4.69) is 5.32 Å². The van der Waals surface area contributed by atoms with Crippen molar-refractivity contribution in [1.82, 2.24) is 4.57 Å². The second kappa shape index (κ2) is 7.55. The minimum absolute atomic E-state index is 0.0695. The van der Waals surface area contributed by atoms with Crippen LogP contribution in [0.25, 0.3) is 5.69 Å². The monoisotopic (exact) mass is 410 g/mol. The quantitative estimate of drug-likeness (QED) is 0.668. The van der Waals surface area contributed by atoms with E-state index in [4.69, 9.17) is 9.47 Å². The Bertz CT molecular complexity index is 1150. The van der Waals surface area contributed by atoms with E-state index in [1.807, 2.05) is 0 Å². The minimum atomic E-state index is -1.21. The van der Waals surface area contributed by atoms with Gasteiger partial charge in [0.05, 0.1) is 31.3 Å². The molecule has 0 aliphatic carbocycles. The molecule has 154 valence electrons. The molecule has 1 aliphatic rings. The highest BCUT2D eigenvalue weighted by Gasteiger charge is 2.35. The summed E-state index contributed by atoms with van der Waals surface area (Å²) in [7, 11) is 3.03. The van der Waals surface area contributed by atoms with Gasteiger partial charge in [0.2, 0.25) is 5.91 Å². The molecule has 0 fully saturated rings. The molecule has 1 unspecified atom stereocenters. The van der Waals surface area contributed by atoms with E-state index in [0.29, 0.717) is 17.2 Å². The molecule has 3 aromatic rings. The molecule has 0 bridgehead atoms. The number of carbonyl (C=O) groups is 2. The van der Waals surface area contributed by atoms with Gasteiger partial charge in [0, 0.05) is 18.5 Å². The predicted octanol–water partition coefficient (Wildman–Crippen LogP) is 3.81. The van der Waals surface area contributed by atoms with Crippen LogP contribution < -0.4 is 14.8 Å². The Morgan fingerprint density at radius 2 is 1.90 bits per heavy atom. The van der Waals surface area contributed by atoms with Gasteiger partial charge in [-0.3, -0.25) is 4.79 Å². The Morgan fingerprint density at radius 3 is 2.57 bits per heavy atom. The first-order valence-corrected chi connectivity index (χ1v) is 9.19. The maximum absolute atomic E-state index is 14.6. The van der Waals surface area contributed by atoms with Crippen LogP contribution in [0.3, 0.4) is 0 Å². The number of para-hydroxylation sites is 1. The number of aromatic carboxylic acids is 1. The van der Waals surface area contributed by atoms with Crippen molar-refractivity contribution in [2.75, 3.05) is 19.5 Å². The lowest BCUT2D eigenvalue weighted by Gasteiger charge is -2.26. The second-order valence-electron chi connectivity index (χ2n) is 6.85. The van der Waals surface area contributed by atoms with Crippen molar-refractivity contribution in [2.45, 2.75) is 12.3 Å². The third-order valence-corrected chi connectivity index (χ3v) is 5.18. The van der Waals surface area contributed by atoms with Crippen LogP contribution >= 0.6 is 0 Å². The van der Waals surface area contributed by atoms with Gasteiger partial charge in [-0.1, -0.05) is 18.2 Å². The van der Waals surface area contributed by atoms with Crippen molar-refractivity contribution >= 4 is 17.6 Å². The largest absolute Gasteiger partial charge is 0.493 e. The van der Waals surface area contributed by atoms with Crippen LogP contribution in [-0.2, 0) is 4.79 Å². The lowest BCUT2D eigenvalue weighted by Crippen LogP contribution is -2.25. The van der Waals surface area contributed by atoms with Gasteiger partial charge in [-0.25, -0.2) is 9.18 Å². The summed E-state index contributed by atoms with van der Waals surface area (Å²) in [5, 5.41) is 12.3. The summed E-state index contributed by atoms with van der Waals surface area (Å²) in [4.78, 5) is 24.3. The number of anilines is 1. The van der Waals surface area contributed by atoms with Gasteiger partial charge in [-0.05, 0) is 29.8 Å². The van der Waals surface area contributed by atoms with Crippen molar-refractivity contribution in [2.24, 2.45) is 0 Å². The summed E-state index contributed by atoms with van der Waals surface area (Å²) in [6, 6.07) is 11.3. The lowest BCUT2D eigenvalue weighted by molar-refractivity contribution is -0.116. The summed E-state index contributed by atoms with van der Waals surface area (Å²) in [5.74, 6) is -1.55. The maximum Gasteiger partial charge on any atom is 0.339 e. The number of aromatic nitrogens is 1. The Hall–Kier alpha value is -3.81. The molecule has 1 aliphatic heterocycles. The van der Waals surface area contributed by atoms with Crippen molar-refractivity contribution in [3.63, 3.8) is 0 Å². The van der Waals surface area contributed by atoms with Crippen LogP contribution in [0.2, 0.25) is 0 Å². The van der Waals surface area contributed by atoms with Crippen LogP contribution in [0.15, 0.2) is 48.7 Å². The molecule has 8 heteroatoms. The zero-order valence-corrected chi connectivity index (χ0v) is 16.3. The Labute approximate surface area is 171 Å². The zero-order chi connectivity index (χ0) is 21.4. The molecule has 0 saturated carbocycles. The molecule has 1 atom stereocenters. The van der Waals surface area contributed by atoms with Crippen LogP contribution in [-0.4, -0.2) is 35.8 Å². The van der Waals surface area contributed by atoms with Gasteiger partial charge in [0.15, 0.2) is 11.5 Å². The van der Waals surface area contributed by atoms with E-state index in [-0.39, 0.29) is 29.3 Å². The number of ether oxygens (including phenoxy) is 2. The minimum Gasteiger partial charge on any atom is -0.493 e. The molecule has 30 heavy (non-hydrogen) atoms. The SMILES string of the molecule is COc1ccc(C2CC(=O)Nc3c(C(=O)O)cn(-c4ccccc4F)c32)cc1OC. The topological polar surface area (TPSA) is 89.8 Å². The highest BCUT2D eigenvalue weighted by Crippen LogP contribution is 2.43. The van der Waals surface area contributed by atoms with Gasteiger partial charge in [0.25, 0.3) is 0 Å². The maximum atomic E-state index is 14.6. The molecule has 1 aromatic heterocycles. The van der Waals surface area contributed by atoms with Gasteiger partial charge in [0.1, 0.15) is 11.4 Å². The molecule has 2 aromatic carbocycles. The van der Waals surface area contributed by atoms with E-state index in [9.17, 15) is 19.1 Å². The summed E-state index contributed by atoms with van der Waals surface area (Å²) < 4.78 is 26.7. The summed E-state index contributed by atoms with van der Waals surface area (Å²) in [5.41, 5.74) is 1.47. The molecule has 2 heterocycles. The van der Waals surface area contributed by atoms with Crippen LogP contribution in [0, 0.1) is 5.82 Å². The molecule has 0 saturated heterocycles. The van der Waals surface area contributed by atoms with E-state index in [1.165, 1.54) is 31.0 Å². The fourth-order valence-corrected chi connectivity index (χ4v) is 3.82. The molecule has 7 nitrogen and oxygen atoms in total. The molecule has 0 radical (unpaired) electrons. The lowest BCUT2D eigenvalue weighted by atomic mass is 9.88. The fourth-order valence-electron chi connectivity index (χ4n) is 3.82. The number of rotatable bonds is 5. The number of benzene rings is 2. The van der Waals surface area contributed by atoms with E-state index in [0.717, 1.165) is 5.56 Å². The number of hydrogen-bond acceptors (Lipinski definition) is 4. The zero-order valence-electron chi connectivity index (χ0n) is 16.3. The molecular formula is C22H19FN2O5. The number of hydrogen-bond donors (Lipinski definition) is 2.